The van der Waals surface area contributed by atoms with Crippen LogP contribution in [0.3, 0.4) is 0 Å². The molecule has 3 amide bonds. The number of alkyl halides is 3. The van der Waals surface area contributed by atoms with Crippen molar-refractivity contribution in [3.8, 4) is 0 Å². The highest BCUT2D eigenvalue weighted by Gasteiger charge is 2.45. The van der Waals surface area contributed by atoms with Crippen LogP contribution in [0.1, 0.15) is 34.3 Å². The third kappa shape index (κ3) is 4.58. The monoisotopic (exact) mass is 440 g/mol. The number of benzene rings is 1. The highest BCUT2D eigenvalue weighted by Crippen LogP contribution is 2.29. The van der Waals surface area contributed by atoms with Gasteiger partial charge in [0.1, 0.15) is 12.1 Å². The first-order valence-corrected chi connectivity index (χ1v) is 10.1. The minimum atomic E-state index is -4.47. The lowest BCUT2D eigenvalue weighted by atomic mass is 10.0. The molecule has 0 aromatic heterocycles. The molecule has 3 N–H and O–H groups in total. The first-order valence-electron chi connectivity index (χ1n) is 10.1. The van der Waals surface area contributed by atoms with E-state index in [4.69, 9.17) is 4.74 Å². The van der Waals surface area contributed by atoms with Crippen LogP contribution in [0.25, 0.3) is 0 Å². The summed E-state index contributed by atoms with van der Waals surface area (Å²) in [6.07, 6.45) is -5.09. The fourth-order valence-electron chi connectivity index (χ4n) is 4.22. The normalized spacial score (nSPS) is 25.4. The van der Waals surface area contributed by atoms with Gasteiger partial charge in [-0.3, -0.25) is 25.0 Å². The molecule has 3 aliphatic rings. The first kappa shape index (κ1) is 21.7. The molecule has 4 rings (SSSR count). The van der Waals surface area contributed by atoms with Crippen LogP contribution in [-0.4, -0.2) is 66.7 Å². The molecule has 3 atom stereocenters. The molecule has 8 nitrogen and oxygen atoms in total. The van der Waals surface area contributed by atoms with E-state index in [1.807, 2.05) is 0 Å². The van der Waals surface area contributed by atoms with Gasteiger partial charge in [0.05, 0.1) is 12.7 Å². The van der Waals surface area contributed by atoms with Crippen LogP contribution in [0, 0.1) is 0 Å². The van der Waals surface area contributed by atoms with Crippen LogP contribution in [0.2, 0.25) is 0 Å². The number of halogens is 3. The standard InChI is InChI=1S/C20H23F3N4O4/c21-20(22,23)17(15-9-24-5-6-31-15)25-8-11-1-2-13-12(7-11)10-27(19(13)30)14-3-4-16(28)26-18(14)29/h1-2,7,14-15,17,24-25H,3-6,8-10H2,(H,26,28,29). The maximum absolute atomic E-state index is 13.5. The second-order valence-corrected chi connectivity index (χ2v) is 7.91. The summed E-state index contributed by atoms with van der Waals surface area (Å²) in [6, 6.07) is 2.30. The molecule has 0 spiro atoms. The SMILES string of the molecule is O=C1CCC(N2Cc3cc(CNC(C4CNCCO4)C(F)(F)F)ccc3C2=O)C(=O)N1. The number of rotatable bonds is 5. The number of nitrogens with one attached hydrogen (secondary N) is 3. The smallest absolute Gasteiger partial charge is 0.374 e. The molecule has 0 bridgehead atoms. The average molecular weight is 440 g/mol. The van der Waals surface area contributed by atoms with Crippen LogP contribution < -0.4 is 16.0 Å². The average Bonchev–Trinajstić information content (AvgIpc) is 3.04. The van der Waals surface area contributed by atoms with Crippen molar-refractivity contribution >= 4 is 17.7 Å². The molecule has 2 saturated heterocycles. The summed E-state index contributed by atoms with van der Waals surface area (Å²) >= 11 is 0. The third-order valence-corrected chi connectivity index (χ3v) is 5.79. The Labute approximate surface area is 176 Å². The number of fused-ring (bicyclic) bond motifs is 1. The molecule has 1 aromatic rings. The van der Waals surface area contributed by atoms with E-state index >= 15 is 0 Å². The molecule has 0 aliphatic carbocycles. The van der Waals surface area contributed by atoms with E-state index in [0.29, 0.717) is 23.2 Å². The molecule has 0 saturated carbocycles. The Bertz CT molecular complexity index is 886. The summed E-state index contributed by atoms with van der Waals surface area (Å²) in [5, 5.41) is 7.69. The number of carbonyl (C=O) groups is 3. The largest absolute Gasteiger partial charge is 0.406 e. The number of imide groups is 1. The van der Waals surface area contributed by atoms with E-state index in [1.54, 1.807) is 18.2 Å². The first-order chi connectivity index (χ1) is 14.7. The van der Waals surface area contributed by atoms with Crippen LogP contribution in [0.15, 0.2) is 18.2 Å². The Hall–Kier alpha value is -2.50. The van der Waals surface area contributed by atoms with Gasteiger partial charge >= 0.3 is 6.18 Å². The number of carbonyl (C=O) groups excluding carboxylic acids is 3. The van der Waals surface area contributed by atoms with Crippen molar-refractivity contribution < 1.29 is 32.3 Å². The predicted octanol–water partition coefficient (Wildman–Crippen LogP) is 0.457. The highest BCUT2D eigenvalue weighted by atomic mass is 19.4. The van der Waals surface area contributed by atoms with Crippen molar-refractivity contribution in [1.82, 2.24) is 20.9 Å². The molecule has 1 aromatic carbocycles. The highest BCUT2D eigenvalue weighted by molar-refractivity contribution is 6.05. The Kier molecular flexibility index (Phi) is 6.00. The summed E-state index contributed by atoms with van der Waals surface area (Å²) < 4.78 is 45.8. The maximum Gasteiger partial charge on any atom is 0.406 e. The van der Waals surface area contributed by atoms with Crippen LogP contribution >= 0.6 is 0 Å². The van der Waals surface area contributed by atoms with E-state index in [0.717, 1.165) is 0 Å². The van der Waals surface area contributed by atoms with Gasteiger partial charge in [-0.25, -0.2) is 0 Å². The second kappa shape index (κ2) is 8.56. The van der Waals surface area contributed by atoms with E-state index in [-0.39, 0.29) is 50.9 Å². The van der Waals surface area contributed by atoms with Crippen molar-refractivity contribution in [1.29, 1.82) is 0 Å². The Balaban J connectivity index is 1.44. The minimum Gasteiger partial charge on any atom is -0.374 e. The summed E-state index contributed by atoms with van der Waals surface area (Å²) in [6.45, 7) is 0.965. The van der Waals surface area contributed by atoms with Crippen molar-refractivity contribution in [2.75, 3.05) is 19.7 Å². The molecular formula is C20H23F3N4O4. The van der Waals surface area contributed by atoms with Crippen molar-refractivity contribution in [2.24, 2.45) is 0 Å². The van der Waals surface area contributed by atoms with Crippen LogP contribution in [0.5, 0.6) is 0 Å². The van der Waals surface area contributed by atoms with E-state index in [1.165, 1.54) is 4.90 Å². The van der Waals surface area contributed by atoms with E-state index < -0.39 is 30.3 Å². The van der Waals surface area contributed by atoms with Gasteiger partial charge in [0.25, 0.3) is 5.91 Å². The van der Waals surface area contributed by atoms with Gasteiger partial charge in [-0.2, -0.15) is 13.2 Å². The molecule has 2 fully saturated rings. The number of hydrogen-bond acceptors (Lipinski definition) is 6. The van der Waals surface area contributed by atoms with Crippen molar-refractivity contribution in [3.63, 3.8) is 0 Å². The molecule has 11 heteroatoms. The maximum atomic E-state index is 13.5. The van der Waals surface area contributed by atoms with Gasteiger partial charge in [0.2, 0.25) is 11.8 Å². The second-order valence-electron chi connectivity index (χ2n) is 7.91. The number of hydrogen-bond donors (Lipinski definition) is 3. The molecule has 31 heavy (non-hydrogen) atoms. The lowest BCUT2D eigenvalue weighted by Crippen LogP contribution is -2.57. The Morgan fingerprint density at radius 1 is 1.26 bits per heavy atom. The van der Waals surface area contributed by atoms with Gasteiger partial charge in [-0.1, -0.05) is 12.1 Å². The molecular weight excluding hydrogens is 417 g/mol. The van der Waals surface area contributed by atoms with Gasteiger partial charge in [-0.05, 0) is 23.6 Å². The Morgan fingerprint density at radius 2 is 2.06 bits per heavy atom. The molecule has 3 heterocycles. The summed E-state index contributed by atoms with van der Waals surface area (Å²) in [4.78, 5) is 37.6. The number of amides is 3. The van der Waals surface area contributed by atoms with Gasteiger partial charge in [0, 0.05) is 38.2 Å². The lowest BCUT2D eigenvalue weighted by molar-refractivity contribution is -0.188. The Morgan fingerprint density at radius 3 is 2.74 bits per heavy atom. The van der Waals surface area contributed by atoms with Gasteiger partial charge < -0.3 is 15.0 Å². The fourth-order valence-corrected chi connectivity index (χ4v) is 4.22. The number of morpholine rings is 1. The zero-order valence-electron chi connectivity index (χ0n) is 16.6. The predicted molar refractivity (Wildman–Crippen MR) is 102 cm³/mol. The molecule has 168 valence electrons. The zero-order chi connectivity index (χ0) is 22.2. The topological polar surface area (TPSA) is 99.8 Å². The number of ether oxygens (including phenoxy) is 1. The number of piperidine rings is 1. The third-order valence-electron chi connectivity index (χ3n) is 5.79. The summed E-state index contributed by atoms with van der Waals surface area (Å²) in [5.41, 5.74) is 1.66. The van der Waals surface area contributed by atoms with Gasteiger partial charge in [-0.15, -0.1) is 0 Å². The minimum absolute atomic E-state index is 0.0517. The van der Waals surface area contributed by atoms with Crippen molar-refractivity contribution in [3.05, 3.63) is 34.9 Å². The van der Waals surface area contributed by atoms with Gasteiger partial charge in [0.15, 0.2) is 0 Å². The van der Waals surface area contributed by atoms with Crippen molar-refractivity contribution in [2.45, 2.75) is 50.3 Å². The lowest BCUT2D eigenvalue weighted by Gasteiger charge is -2.33. The number of nitrogens with zero attached hydrogens (tertiary/aromatic N) is 1. The van der Waals surface area contributed by atoms with Crippen LogP contribution in [-0.2, 0) is 27.4 Å². The molecule has 3 aliphatic heterocycles. The molecule has 3 unspecified atom stereocenters. The summed E-state index contributed by atoms with van der Waals surface area (Å²) in [7, 11) is 0. The van der Waals surface area contributed by atoms with E-state index in [9.17, 15) is 27.6 Å². The van der Waals surface area contributed by atoms with E-state index in [2.05, 4.69) is 16.0 Å². The summed E-state index contributed by atoms with van der Waals surface area (Å²) in [5.74, 6) is -1.19. The quantitative estimate of drug-likeness (QED) is 0.576. The zero-order valence-corrected chi connectivity index (χ0v) is 16.6. The fraction of sp³-hybridized carbons (Fsp3) is 0.550. The molecule has 0 radical (unpaired) electrons. The van der Waals surface area contributed by atoms with Crippen LogP contribution in [0.4, 0.5) is 13.2 Å².